The molecule has 0 saturated heterocycles. The van der Waals surface area contributed by atoms with E-state index >= 15 is 0 Å². The highest BCUT2D eigenvalue weighted by Crippen LogP contribution is 2.18. The SMILES string of the molecule is COc1ccc(C(=O)/C=C/c2ccccc2O)cc1. The van der Waals surface area contributed by atoms with Crippen LogP contribution >= 0.6 is 0 Å². The molecule has 0 aliphatic rings. The standard InChI is InChI=1S/C16H14O3/c1-19-14-9-6-13(7-10-14)16(18)11-8-12-4-2-3-5-15(12)17/h2-11,17H,1H3/b11-8+. The van der Waals surface area contributed by atoms with Crippen molar-refractivity contribution in [1.82, 2.24) is 0 Å². The molecule has 3 nitrogen and oxygen atoms in total. The molecule has 2 aromatic rings. The van der Waals surface area contributed by atoms with Crippen LogP contribution in [-0.4, -0.2) is 18.0 Å². The van der Waals surface area contributed by atoms with E-state index < -0.39 is 0 Å². The highest BCUT2D eigenvalue weighted by molar-refractivity contribution is 6.07. The number of allylic oxidation sites excluding steroid dienone is 1. The maximum atomic E-state index is 11.9. The summed E-state index contributed by atoms with van der Waals surface area (Å²) in [6, 6.07) is 13.7. The van der Waals surface area contributed by atoms with Crippen molar-refractivity contribution in [3.63, 3.8) is 0 Å². The summed E-state index contributed by atoms with van der Waals surface area (Å²) in [5.74, 6) is 0.744. The molecule has 2 aromatic carbocycles. The third kappa shape index (κ3) is 3.22. The Kier molecular flexibility index (Phi) is 3.98. The summed E-state index contributed by atoms with van der Waals surface area (Å²) in [6.45, 7) is 0. The minimum absolute atomic E-state index is 0.120. The second-order valence-electron chi connectivity index (χ2n) is 3.98. The average molecular weight is 254 g/mol. The van der Waals surface area contributed by atoms with Gasteiger partial charge in [0.2, 0.25) is 0 Å². The third-order valence-electron chi connectivity index (χ3n) is 2.73. The van der Waals surface area contributed by atoms with Gasteiger partial charge in [-0.05, 0) is 42.5 Å². The average Bonchev–Trinajstić information content (AvgIpc) is 2.46. The summed E-state index contributed by atoms with van der Waals surface area (Å²) >= 11 is 0. The van der Waals surface area contributed by atoms with Gasteiger partial charge in [-0.1, -0.05) is 18.2 Å². The van der Waals surface area contributed by atoms with Crippen molar-refractivity contribution < 1.29 is 14.6 Å². The largest absolute Gasteiger partial charge is 0.507 e. The van der Waals surface area contributed by atoms with Crippen molar-refractivity contribution in [2.75, 3.05) is 7.11 Å². The number of hydrogen-bond donors (Lipinski definition) is 1. The summed E-state index contributed by atoms with van der Waals surface area (Å²) in [5, 5.41) is 9.58. The normalized spacial score (nSPS) is 10.6. The van der Waals surface area contributed by atoms with E-state index in [0.717, 1.165) is 0 Å². The lowest BCUT2D eigenvalue weighted by molar-refractivity contribution is 0.104. The summed E-state index contributed by atoms with van der Waals surface area (Å²) in [6.07, 6.45) is 3.04. The number of aromatic hydroxyl groups is 1. The predicted octanol–water partition coefficient (Wildman–Crippen LogP) is 3.30. The first-order valence-corrected chi connectivity index (χ1v) is 5.85. The zero-order chi connectivity index (χ0) is 13.7. The molecular formula is C16H14O3. The summed E-state index contributed by atoms with van der Waals surface area (Å²) in [4.78, 5) is 11.9. The molecule has 0 saturated carbocycles. The zero-order valence-corrected chi connectivity index (χ0v) is 10.5. The Hall–Kier alpha value is -2.55. The number of rotatable bonds is 4. The monoisotopic (exact) mass is 254 g/mol. The van der Waals surface area contributed by atoms with E-state index in [0.29, 0.717) is 16.9 Å². The fraction of sp³-hybridized carbons (Fsp3) is 0.0625. The third-order valence-corrected chi connectivity index (χ3v) is 2.73. The Morgan fingerprint density at radius 1 is 1.11 bits per heavy atom. The van der Waals surface area contributed by atoms with Crippen LogP contribution in [0.5, 0.6) is 11.5 Å². The van der Waals surface area contributed by atoms with Gasteiger partial charge in [-0.25, -0.2) is 0 Å². The van der Waals surface area contributed by atoms with Crippen LogP contribution in [0.3, 0.4) is 0 Å². The summed E-state index contributed by atoms with van der Waals surface area (Å²) in [5.41, 5.74) is 1.19. The molecule has 0 radical (unpaired) electrons. The van der Waals surface area contributed by atoms with Crippen LogP contribution in [0.15, 0.2) is 54.6 Å². The van der Waals surface area contributed by atoms with Gasteiger partial charge in [-0.3, -0.25) is 4.79 Å². The zero-order valence-electron chi connectivity index (χ0n) is 10.5. The van der Waals surface area contributed by atoms with Crippen molar-refractivity contribution in [2.45, 2.75) is 0 Å². The van der Waals surface area contributed by atoms with Gasteiger partial charge in [0.15, 0.2) is 5.78 Å². The lowest BCUT2D eigenvalue weighted by atomic mass is 10.1. The lowest BCUT2D eigenvalue weighted by Crippen LogP contribution is -1.94. The van der Waals surface area contributed by atoms with Crippen LogP contribution in [-0.2, 0) is 0 Å². The van der Waals surface area contributed by atoms with Gasteiger partial charge in [0.05, 0.1) is 7.11 Å². The van der Waals surface area contributed by atoms with E-state index in [1.54, 1.807) is 61.7 Å². The first-order valence-electron chi connectivity index (χ1n) is 5.85. The van der Waals surface area contributed by atoms with Crippen molar-refractivity contribution in [1.29, 1.82) is 0 Å². The van der Waals surface area contributed by atoms with Crippen LogP contribution in [0.4, 0.5) is 0 Å². The Bertz CT molecular complexity index is 598. The summed E-state index contributed by atoms with van der Waals surface area (Å²) in [7, 11) is 1.58. The number of hydrogen-bond acceptors (Lipinski definition) is 3. The van der Waals surface area contributed by atoms with Gasteiger partial charge in [0.25, 0.3) is 0 Å². The lowest BCUT2D eigenvalue weighted by Gasteiger charge is -2.00. The van der Waals surface area contributed by atoms with Crippen molar-refractivity contribution in [2.24, 2.45) is 0 Å². The number of methoxy groups -OCH3 is 1. The molecule has 0 aliphatic heterocycles. The molecule has 0 spiro atoms. The van der Waals surface area contributed by atoms with E-state index in [4.69, 9.17) is 4.74 Å². The Labute approximate surface area is 111 Å². The van der Waals surface area contributed by atoms with Gasteiger partial charge in [-0.2, -0.15) is 0 Å². The molecule has 19 heavy (non-hydrogen) atoms. The smallest absolute Gasteiger partial charge is 0.185 e. The topological polar surface area (TPSA) is 46.5 Å². The molecule has 0 fully saturated rings. The Balaban J connectivity index is 2.14. The quantitative estimate of drug-likeness (QED) is 0.672. The Morgan fingerprint density at radius 3 is 2.42 bits per heavy atom. The molecule has 0 amide bonds. The van der Waals surface area contributed by atoms with Crippen LogP contribution < -0.4 is 4.74 Å². The molecule has 1 N–H and O–H groups in total. The van der Waals surface area contributed by atoms with E-state index in [1.807, 2.05) is 0 Å². The Morgan fingerprint density at radius 2 is 1.79 bits per heavy atom. The van der Waals surface area contributed by atoms with E-state index in [-0.39, 0.29) is 11.5 Å². The van der Waals surface area contributed by atoms with Crippen LogP contribution in [0, 0.1) is 0 Å². The molecule has 0 unspecified atom stereocenters. The van der Waals surface area contributed by atoms with Gasteiger partial charge in [0.1, 0.15) is 11.5 Å². The highest BCUT2D eigenvalue weighted by Gasteiger charge is 2.02. The first-order chi connectivity index (χ1) is 9.20. The number of ketones is 1. The maximum Gasteiger partial charge on any atom is 0.185 e. The van der Waals surface area contributed by atoms with Crippen LogP contribution in [0.1, 0.15) is 15.9 Å². The minimum Gasteiger partial charge on any atom is -0.507 e. The van der Waals surface area contributed by atoms with Crippen LogP contribution in [0.2, 0.25) is 0 Å². The van der Waals surface area contributed by atoms with Gasteiger partial charge < -0.3 is 9.84 Å². The van der Waals surface area contributed by atoms with E-state index in [2.05, 4.69) is 0 Å². The second-order valence-corrected chi connectivity index (χ2v) is 3.98. The summed E-state index contributed by atoms with van der Waals surface area (Å²) < 4.78 is 5.03. The fourth-order valence-corrected chi connectivity index (χ4v) is 1.65. The fourth-order valence-electron chi connectivity index (χ4n) is 1.65. The number of benzene rings is 2. The number of ether oxygens (including phenoxy) is 1. The molecule has 96 valence electrons. The van der Waals surface area contributed by atoms with Gasteiger partial charge >= 0.3 is 0 Å². The molecular weight excluding hydrogens is 240 g/mol. The molecule has 0 atom stereocenters. The number of phenolic OH excluding ortho intramolecular Hbond substituents is 1. The highest BCUT2D eigenvalue weighted by atomic mass is 16.5. The number of carbonyl (C=O) groups is 1. The number of phenols is 1. The molecule has 2 rings (SSSR count). The van der Waals surface area contributed by atoms with Crippen molar-refractivity contribution in [3.8, 4) is 11.5 Å². The minimum atomic E-state index is -0.120. The number of para-hydroxylation sites is 1. The first kappa shape index (κ1) is 12.9. The van der Waals surface area contributed by atoms with Gasteiger partial charge in [-0.15, -0.1) is 0 Å². The maximum absolute atomic E-state index is 11.9. The molecule has 0 bridgehead atoms. The molecule has 3 heteroatoms. The van der Waals surface area contributed by atoms with E-state index in [1.165, 1.54) is 6.08 Å². The molecule has 0 heterocycles. The molecule has 0 aliphatic carbocycles. The van der Waals surface area contributed by atoms with Crippen molar-refractivity contribution in [3.05, 3.63) is 65.7 Å². The van der Waals surface area contributed by atoms with Crippen molar-refractivity contribution >= 4 is 11.9 Å². The van der Waals surface area contributed by atoms with E-state index in [9.17, 15) is 9.90 Å². The number of carbonyl (C=O) groups excluding carboxylic acids is 1. The second kappa shape index (κ2) is 5.87. The molecule has 0 aromatic heterocycles. The predicted molar refractivity (Wildman–Crippen MR) is 74.5 cm³/mol. The van der Waals surface area contributed by atoms with Gasteiger partial charge in [0, 0.05) is 11.1 Å². The van der Waals surface area contributed by atoms with Crippen LogP contribution in [0.25, 0.3) is 6.08 Å².